The molecule has 0 saturated heterocycles. The maximum absolute atomic E-state index is 9.25. The van der Waals surface area contributed by atoms with Crippen molar-refractivity contribution in [3.05, 3.63) is 12.7 Å². The predicted molar refractivity (Wildman–Crippen MR) is 40.3 cm³/mol. The average molecular weight is 128 g/mol. The third-order valence-electron chi connectivity index (χ3n) is 1.56. The number of aliphatic hydroxyl groups excluding tert-OH is 1. The first-order valence-electron chi connectivity index (χ1n) is 3.53. The summed E-state index contributed by atoms with van der Waals surface area (Å²) in [4.78, 5) is 0. The van der Waals surface area contributed by atoms with Crippen molar-refractivity contribution in [1.29, 1.82) is 0 Å². The van der Waals surface area contributed by atoms with Crippen LogP contribution in [0.2, 0.25) is 0 Å². The van der Waals surface area contributed by atoms with Gasteiger partial charge in [0.15, 0.2) is 0 Å². The summed E-state index contributed by atoms with van der Waals surface area (Å²) in [5.74, 6) is 0.241. The van der Waals surface area contributed by atoms with Crippen LogP contribution in [0, 0.1) is 5.92 Å². The molecule has 0 rings (SSSR count). The van der Waals surface area contributed by atoms with E-state index in [0.29, 0.717) is 0 Å². The Labute approximate surface area is 57.4 Å². The molecule has 0 bridgehead atoms. The van der Waals surface area contributed by atoms with Crippen molar-refractivity contribution < 1.29 is 5.11 Å². The SMILES string of the molecule is C=C[C@H](C)[C@@H](O)CCC. The molecule has 0 fully saturated rings. The van der Waals surface area contributed by atoms with Crippen LogP contribution in [0.3, 0.4) is 0 Å². The van der Waals surface area contributed by atoms with Gasteiger partial charge in [0.1, 0.15) is 0 Å². The van der Waals surface area contributed by atoms with Crippen LogP contribution in [0.4, 0.5) is 0 Å². The van der Waals surface area contributed by atoms with Crippen LogP contribution >= 0.6 is 0 Å². The normalized spacial score (nSPS) is 16.8. The van der Waals surface area contributed by atoms with Gasteiger partial charge in [-0.2, -0.15) is 0 Å². The maximum Gasteiger partial charge on any atom is 0.0599 e. The molecule has 0 saturated carbocycles. The Morgan fingerprint density at radius 2 is 2.22 bits per heavy atom. The fraction of sp³-hybridized carbons (Fsp3) is 0.750. The van der Waals surface area contributed by atoms with E-state index >= 15 is 0 Å². The molecule has 0 aliphatic heterocycles. The Morgan fingerprint density at radius 1 is 1.67 bits per heavy atom. The molecule has 54 valence electrons. The first kappa shape index (κ1) is 8.70. The van der Waals surface area contributed by atoms with Crippen LogP contribution in [-0.2, 0) is 0 Å². The molecule has 9 heavy (non-hydrogen) atoms. The van der Waals surface area contributed by atoms with Crippen LogP contribution in [0.1, 0.15) is 26.7 Å². The largest absolute Gasteiger partial charge is 0.393 e. The van der Waals surface area contributed by atoms with Crippen molar-refractivity contribution in [2.75, 3.05) is 0 Å². The lowest BCUT2D eigenvalue weighted by Gasteiger charge is -2.12. The van der Waals surface area contributed by atoms with Crippen molar-refractivity contribution in [1.82, 2.24) is 0 Å². The molecule has 0 aromatic carbocycles. The van der Waals surface area contributed by atoms with Crippen molar-refractivity contribution in [3.63, 3.8) is 0 Å². The summed E-state index contributed by atoms with van der Waals surface area (Å²) in [6.07, 6.45) is 3.53. The van der Waals surface area contributed by atoms with Crippen LogP contribution < -0.4 is 0 Å². The summed E-state index contributed by atoms with van der Waals surface area (Å²) in [6.45, 7) is 7.65. The molecule has 0 heterocycles. The van der Waals surface area contributed by atoms with Crippen LogP contribution in [0.15, 0.2) is 12.7 Å². The highest BCUT2D eigenvalue weighted by Gasteiger charge is 2.07. The molecular weight excluding hydrogens is 112 g/mol. The first-order valence-corrected chi connectivity index (χ1v) is 3.53. The summed E-state index contributed by atoms with van der Waals surface area (Å²) < 4.78 is 0. The zero-order valence-electron chi connectivity index (χ0n) is 6.30. The van der Waals surface area contributed by atoms with E-state index in [4.69, 9.17) is 0 Å². The van der Waals surface area contributed by atoms with Crippen LogP contribution in [0.25, 0.3) is 0 Å². The highest BCUT2D eigenvalue weighted by molar-refractivity contribution is 4.80. The van der Waals surface area contributed by atoms with Gasteiger partial charge in [0.05, 0.1) is 6.10 Å². The molecule has 0 unspecified atom stereocenters. The van der Waals surface area contributed by atoms with E-state index in [0.717, 1.165) is 12.8 Å². The maximum atomic E-state index is 9.25. The molecule has 0 amide bonds. The third kappa shape index (κ3) is 3.31. The summed E-state index contributed by atoms with van der Waals surface area (Å²) in [5, 5.41) is 9.25. The van der Waals surface area contributed by atoms with E-state index in [-0.39, 0.29) is 12.0 Å². The van der Waals surface area contributed by atoms with Crippen molar-refractivity contribution in [3.8, 4) is 0 Å². The Balaban J connectivity index is 3.44. The number of aliphatic hydroxyl groups is 1. The van der Waals surface area contributed by atoms with Gasteiger partial charge in [0, 0.05) is 0 Å². The number of hydrogen-bond acceptors (Lipinski definition) is 1. The second-order valence-corrected chi connectivity index (χ2v) is 2.45. The summed E-state index contributed by atoms with van der Waals surface area (Å²) in [7, 11) is 0. The minimum Gasteiger partial charge on any atom is -0.393 e. The van der Waals surface area contributed by atoms with Crippen molar-refractivity contribution in [2.45, 2.75) is 32.8 Å². The summed E-state index contributed by atoms with van der Waals surface area (Å²) >= 11 is 0. The van der Waals surface area contributed by atoms with Gasteiger partial charge in [0.25, 0.3) is 0 Å². The zero-order chi connectivity index (χ0) is 7.28. The fourth-order valence-electron chi connectivity index (χ4n) is 0.716. The van der Waals surface area contributed by atoms with Crippen LogP contribution in [0.5, 0.6) is 0 Å². The van der Waals surface area contributed by atoms with E-state index in [1.807, 2.05) is 6.92 Å². The Kier molecular flexibility index (Phi) is 4.41. The zero-order valence-corrected chi connectivity index (χ0v) is 6.30. The quantitative estimate of drug-likeness (QED) is 0.574. The van der Waals surface area contributed by atoms with E-state index in [1.54, 1.807) is 6.08 Å². The Hall–Kier alpha value is -0.300. The standard InChI is InChI=1S/C8H16O/c1-4-6-8(9)7(3)5-2/h5,7-9H,2,4,6H2,1,3H3/t7-,8-/m0/s1. The second-order valence-electron chi connectivity index (χ2n) is 2.45. The predicted octanol–water partition coefficient (Wildman–Crippen LogP) is 1.97. The molecule has 0 aromatic heterocycles. The van der Waals surface area contributed by atoms with Gasteiger partial charge in [-0.05, 0) is 12.3 Å². The van der Waals surface area contributed by atoms with Crippen molar-refractivity contribution in [2.24, 2.45) is 5.92 Å². The molecular formula is C8H16O. The average Bonchev–Trinajstić information content (AvgIpc) is 1.87. The highest BCUT2D eigenvalue weighted by Crippen LogP contribution is 2.08. The minimum atomic E-state index is -0.188. The fourth-order valence-corrected chi connectivity index (χ4v) is 0.716. The van der Waals surface area contributed by atoms with Gasteiger partial charge in [-0.1, -0.05) is 26.3 Å². The molecule has 1 nitrogen and oxygen atoms in total. The number of rotatable bonds is 4. The van der Waals surface area contributed by atoms with Crippen LogP contribution in [-0.4, -0.2) is 11.2 Å². The smallest absolute Gasteiger partial charge is 0.0599 e. The molecule has 1 heteroatoms. The minimum absolute atomic E-state index is 0.188. The molecule has 1 N–H and O–H groups in total. The molecule has 0 aliphatic carbocycles. The lowest BCUT2D eigenvalue weighted by molar-refractivity contribution is 0.127. The van der Waals surface area contributed by atoms with E-state index in [1.165, 1.54) is 0 Å². The lowest BCUT2D eigenvalue weighted by atomic mass is 10.0. The summed E-state index contributed by atoms with van der Waals surface area (Å²) in [6, 6.07) is 0. The van der Waals surface area contributed by atoms with Gasteiger partial charge < -0.3 is 5.11 Å². The first-order chi connectivity index (χ1) is 4.22. The molecule has 0 aromatic rings. The lowest BCUT2D eigenvalue weighted by Crippen LogP contribution is -2.14. The molecule has 0 radical (unpaired) electrons. The Bertz CT molecular complexity index is 78.6. The Morgan fingerprint density at radius 3 is 2.56 bits per heavy atom. The number of hydrogen-bond donors (Lipinski definition) is 1. The van der Waals surface area contributed by atoms with E-state index in [2.05, 4.69) is 13.5 Å². The molecule has 0 spiro atoms. The highest BCUT2D eigenvalue weighted by atomic mass is 16.3. The molecule has 0 aliphatic rings. The monoisotopic (exact) mass is 128 g/mol. The topological polar surface area (TPSA) is 20.2 Å². The van der Waals surface area contributed by atoms with E-state index in [9.17, 15) is 5.11 Å². The van der Waals surface area contributed by atoms with Gasteiger partial charge in [-0.3, -0.25) is 0 Å². The summed E-state index contributed by atoms with van der Waals surface area (Å²) in [5.41, 5.74) is 0. The van der Waals surface area contributed by atoms with Gasteiger partial charge in [-0.25, -0.2) is 0 Å². The van der Waals surface area contributed by atoms with E-state index < -0.39 is 0 Å². The second kappa shape index (κ2) is 4.57. The van der Waals surface area contributed by atoms with Crippen molar-refractivity contribution >= 4 is 0 Å². The van der Waals surface area contributed by atoms with Gasteiger partial charge in [0.2, 0.25) is 0 Å². The van der Waals surface area contributed by atoms with Gasteiger partial charge in [-0.15, -0.1) is 6.58 Å². The van der Waals surface area contributed by atoms with Gasteiger partial charge >= 0.3 is 0 Å². The molecule has 2 atom stereocenters. The third-order valence-corrected chi connectivity index (χ3v) is 1.56.